The van der Waals surface area contributed by atoms with E-state index in [0.717, 1.165) is 5.56 Å². The number of carbonyl (C=O) groups excluding carboxylic acids is 1. The van der Waals surface area contributed by atoms with Crippen molar-refractivity contribution in [3.05, 3.63) is 29.8 Å². The highest BCUT2D eigenvalue weighted by Crippen LogP contribution is 2.23. The first kappa shape index (κ1) is 10.1. The van der Waals surface area contributed by atoms with Crippen molar-refractivity contribution in [2.24, 2.45) is 0 Å². The molecular weight excluding hydrogens is 194 g/mol. The zero-order chi connectivity index (χ0) is 10.8. The third-order valence-corrected chi connectivity index (χ3v) is 2.35. The normalized spacial score (nSPS) is 18.3. The van der Waals surface area contributed by atoms with Gasteiger partial charge in [-0.2, -0.15) is 5.06 Å². The van der Waals surface area contributed by atoms with Crippen LogP contribution in [0.5, 0.6) is 0 Å². The summed E-state index contributed by atoms with van der Waals surface area (Å²) in [6.45, 7) is 2.11. The van der Waals surface area contributed by atoms with E-state index >= 15 is 0 Å². The fourth-order valence-corrected chi connectivity index (χ4v) is 1.53. The van der Waals surface area contributed by atoms with Gasteiger partial charge < -0.3 is 5.11 Å². The second-order valence-corrected chi connectivity index (χ2v) is 3.54. The van der Waals surface area contributed by atoms with Gasteiger partial charge in [-0.25, -0.2) is 0 Å². The number of rotatable bonds is 2. The third kappa shape index (κ3) is 2.00. The van der Waals surface area contributed by atoms with Gasteiger partial charge in [0.05, 0.1) is 24.8 Å². The Morgan fingerprint density at radius 3 is 2.93 bits per heavy atom. The van der Waals surface area contributed by atoms with Crippen molar-refractivity contribution in [2.75, 3.05) is 11.7 Å². The molecule has 1 heterocycles. The first-order valence-corrected chi connectivity index (χ1v) is 4.92. The molecule has 0 aliphatic carbocycles. The topological polar surface area (TPSA) is 49.8 Å². The van der Waals surface area contributed by atoms with Crippen LogP contribution in [0.3, 0.4) is 0 Å². The SMILES string of the molecule is CC(O)c1cccc(N2OCCC2=O)c1. The number of hydroxylamine groups is 1. The molecule has 1 saturated heterocycles. The van der Waals surface area contributed by atoms with Crippen molar-refractivity contribution in [1.82, 2.24) is 0 Å². The Bertz CT molecular complexity index is 376. The summed E-state index contributed by atoms with van der Waals surface area (Å²) in [6, 6.07) is 7.16. The Balaban J connectivity index is 2.28. The van der Waals surface area contributed by atoms with Gasteiger partial charge in [0.25, 0.3) is 5.91 Å². The van der Waals surface area contributed by atoms with Gasteiger partial charge in [0, 0.05) is 0 Å². The molecule has 1 aliphatic rings. The number of hydrogen-bond acceptors (Lipinski definition) is 3. The smallest absolute Gasteiger partial charge is 0.253 e. The van der Waals surface area contributed by atoms with Crippen molar-refractivity contribution >= 4 is 11.6 Å². The maximum absolute atomic E-state index is 11.4. The van der Waals surface area contributed by atoms with Crippen molar-refractivity contribution in [1.29, 1.82) is 0 Å². The predicted octanol–water partition coefficient (Wildman–Crippen LogP) is 1.41. The largest absolute Gasteiger partial charge is 0.389 e. The quantitative estimate of drug-likeness (QED) is 0.797. The predicted molar refractivity (Wildman–Crippen MR) is 55.1 cm³/mol. The van der Waals surface area contributed by atoms with Crippen LogP contribution in [0.25, 0.3) is 0 Å². The zero-order valence-electron chi connectivity index (χ0n) is 8.51. The zero-order valence-corrected chi connectivity index (χ0v) is 8.51. The van der Waals surface area contributed by atoms with E-state index < -0.39 is 6.10 Å². The summed E-state index contributed by atoms with van der Waals surface area (Å²) in [6.07, 6.45) is -0.124. The Kier molecular flexibility index (Phi) is 2.70. The van der Waals surface area contributed by atoms with Crippen LogP contribution in [0.1, 0.15) is 25.0 Å². The number of hydrogen-bond donors (Lipinski definition) is 1. The van der Waals surface area contributed by atoms with Crippen LogP contribution in [-0.4, -0.2) is 17.6 Å². The summed E-state index contributed by atoms with van der Waals surface area (Å²) < 4.78 is 0. The van der Waals surface area contributed by atoms with Crippen molar-refractivity contribution in [3.63, 3.8) is 0 Å². The molecule has 4 heteroatoms. The summed E-state index contributed by atoms with van der Waals surface area (Å²) in [5.74, 6) is -0.0438. The monoisotopic (exact) mass is 207 g/mol. The van der Waals surface area contributed by atoms with Gasteiger partial charge >= 0.3 is 0 Å². The first-order valence-electron chi connectivity index (χ1n) is 4.92. The second kappa shape index (κ2) is 4.00. The Labute approximate surface area is 88.0 Å². The molecular formula is C11H13NO3. The van der Waals surface area contributed by atoms with Gasteiger partial charge in [-0.3, -0.25) is 9.63 Å². The first-order chi connectivity index (χ1) is 7.18. The molecule has 0 saturated carbocycles. The summed E-state index contributed by atoms with van der Waals surface area (Å²) in [5.41, 5.74) is 1.45. The Morgan fingerprint density at radius 1 is 1.53 bits per heavy atom. The van der Waals surface area contributed by atoms with Crippen LogP contribution in [0, 0.1) is 0 Å². The lowest BCUT2D eigenvalue weighted by Crippen LogP contribution is -2.22. The molecule has 80 valence electrons. The van der Waals surface area contributed by atoms with Crippen LogP contribution < -0.4 is 5.06 Å². The lowest BCUT2D eigenvalue weighted by atomic mass is 10.1. The van der Waals surface area contributed by atoms with Gasteiger partial charge in [-0.15, -0.1) is 0 Å². The number of aliphatic hydroxyl groups is 1. The highest BCUT2D eigenvalue weighted by Gasteiger charge is 2.23. The van der Waals surface area contributed by atoms with Gasteiger partial charge in [0.15, 0.2) is 0 Å². The van der Waals surface area contributed by atoms with E-state index in [-0.39, 0.29) is 5.91 Å². The molecule has 1 aromatic rings. The number of amides is 1. The molecule has 1 aromatic carbocycles. The second-order valence-electron chi connectivity index (χ2n) is 3.54. The molecule has 1 N–H and O–H groups in total. The molecule has 4 nitrogen and oxygen atoms in total. The van der Waals surface area contributed by atoms with Crippen LogP contribution in [0.15, 0.2) is 24.3 Å². The molecule has 15 heavy (non-hydrogen) atoms. The van der Waals surface area contributed by atoms with E-state index in [4.69, 9.17) is 4.84 Å². The summed E-state index contributed by atoms with van der Waals surface area (Å²) in [7, 11) is 0. The van der Waals surface area contributed by atoms with Crippen molar-refractivity contribution in [2.45, 2.75) is 19.4 Å². The van der Waals surface area contributed by atoms with Crippen LogP contribution in [-0.2, 0) is 9.63 Å². The van der Waals surface area contributed by atoms with Crippen LogP contribution >= 0.6 is 0 Å². The van der Waals surface area contributed by atoms with Crippen molar-refractivity contribution < 1.29 is 14.7 Å². The highest BCUT2D eigenvalue weighted by molar-refractivity contribution is 5.92. The van der Waals surface area contributed by atoms with Gasteiger partial charge in [0.1, 0.15) is 0 Å². The number of benzene rings is 1. The minimum absolute atomic E-state index is 0.0438. The molecule has 2 rings (SSSR count). The molecule has 1 unspecified atom stereocenters. The Morgan fingerprint density at radius 2 is 2.33 bits per heavy atom. The van der Waals surface area contributed by atoms with Crippen LogP contribution in [0.2, 0.25) is 0 Å². The van der Waals surface area contributed by atoms with E-state index in [1.807, 2.05) is 6.07 Å². The average Bonchev–Trinajstić information content (AvgIpc) is 2.64. The maximum atomic E-state index is 11.4. The lowest BCUT2D eigenvalue weighted by Gasteiger charge is -2.15. The molecule has 1 amide bonds. The molecule has 0 bridgehead atoms. The summed E-state index contributed by atoms with van der Waals surface area (Å²) >= 11 is 0. The van der Waals surface area contributed by atoms with Crippen LogP contribution in [0.4, 0.5) is 5.69 Å². The van der Waals surface area contributed by atoms with E-state index in [0.29, 0.717) is 18.7 Å². The standard InChI is InChI=1S/C11H13NO3/c1-8(13)9-3-2-4-10(7-9)12-11(14)5-6-15-12/h2-4,7-8,13H,5-6H2,1H3. The Hall–Kier alpha value is -1.39. The van der Waals surface area contributed by atoms with Gasteiger partial charge in [-0.1, -0.05) is 12.1 Å². The van der Waals surface area contributed by atoms with Crippen molar-refractivity contribution in [3.8, 4) is 0 Å². The fraction of sp³-hybridized carbons (Fsp3) is 0.364. The molecule has 0 spiro atoms. The minimum Gasteiger partial charge on any atom is -0.389 e. The summed E-state index contributed by atoms with van der Waals surface area (Å²) in [4.78, 5) is 16.6. The minimum atomic E-state index is -0.539. The molecule has 1 atom stereocenters. The third-order valence-electron chi connectivity index (χ3n) is 2.35. The molecule has 0 radical (unpaired) electrons. The number of carbonyl (C=O) groups is 1. The highest BCUT2D eigenvalue weighted by atomic mass is 16.7. The van der Waals surface area contributed by atoms with Gasteiger partial charge in [0.2, 0.25) is 0 Å². The number of anilines is 1. The van der Waals surface area contributed by atoms with E-state index in [1.165, 1.54) is 5.06 Å². The van der Waals surface area contributed by atoms with E-state index in [2.05, 4.69) is 0 Å². The van der Waals surface area contributed by atoms with Gasteiger partial charge in [-0.05, 0) is 24.6 Å². The van der Waals surface area contributed by atoms with E-state index in [1.54, 1.807) is 25.1 Å². The van der Waals surface area contributed by atoms with E-state index in [9.17, 15) is 9.90 Å². The average molecular weight is 207 g/mol. The number of aliphatic hydroxyl groups excluding tert-OH is 1. The summed E-state index contributed by atoms with van der Waals surface area (Å²) in [5, 5.41) is 10.7. The molecule has 0 aromatic heterocycles. The fourth-order valence-electron chi connectivity index (χ4n) is 1.53. The molecule has 1 aliphatic heterocycles. The molecule has 1 fully saturated rings. The maximum Gasteiger partial charge on any atom is 0.253 e. The lowest BCUT2D eigenvalue weighted by molar-refractivity contribution is -0.119. The number of nitrogens with zero attached hydrogens (tertiary/aromatic N) is 1.